The molecule has 0 aliphatic heterocycles. The number of hydrogen-bond acceptors (Lipinski definition) is 2. The van der Waals surface area contributed by atoms with Crippen LogP contribution in [-0.2, 0) is 9.53 Å². The molecule has 100 valence electrons. The number of ether oxygens (including phenoxy) is 1. The van der Waals surface area contributed by atoms with Crippen LogP contribution in [0.4, 0.5) is 0 Å². The molecule has 0 radical (unpaired) electrons. The third-order valence-electron chi connectivity index (χ3n) is 3.16. The highest BCUT2D eigenvalue weighted by atomic mass is 35.5. The Morgan fingerprint density at radius 1 is 1.26 bits per heavy atom. The predicted molar refractivity (Wildman–Crippen MR) is 78.0 cm³/mol. The molecule has 1 aromatic rings. The lowest BCUT2D eigenvalue weighted by molar-refractivity contribution is -0.138. The molecule has 19 heavy (non-hydrogen) atoms. The molecule has 3 heteroatoms. The lowest BCUT2D eigenvalue weighted by atomic mass is 9.89. The summed E-state index contributed by atoms with van der Waals surface area (Å²) in [5.41, 5.74) is 4.00. The van der Waals surface area contributed by atoms with E-state index in [9.17, 15) is 4.79 Å². The summed E-state index contributed by atoms with van der Waals surface area (Å²) < 4.78 is 5.14. The summed E-state index contributed by atoms with van der Waals surface area (Å²) in [7, 11) is 0. The van der Waals surface area contributed by atoms with Crippen molar-refractivity contribution in [3.05, 3.63) is 52.1 Å². The first-order valence-electron chi connectivity index (χ1n) is 6.45. The molecule has 0 atom stereocenters. The van der Waals surface area contributed by atoms with E-state index in [0.717, 1.165) is 29.6 Å². The topological polar surface area (TPSA) is 26.3 Å². The van der Waals surface area contributed by atoms with Gasteiger partial charge < -0.3 is 4.74 Å². The highest BCUT2D eigenvalue weighted by molar-refractivity contribution is 6.30. The van der Waals surface area contributed by atoms with Crippen molar-refractivity contribution < 1.29 is 9.53 Å². The standard InChI is InChI=1S/C16H17ClO2/c1-3-19-16(18)14-9-4-11(2)10-15(14)12-5-7-13(17)8-6-12/h5-8,10H,3-4,9H2,1-2H3. The molecule has 0 spiro atoms. The highest BCUT2D eigenvalue weighted by Gasteiger charge is 2.20. The Labute approximate surface area is 118 Å². The van der Waals surface area contributed by atoms with Gasteiger partial charge in [-0.15, -0.1) is 0 Å². The number of esters is 1. The molecular formula is C16H17ClO2. The fraction of sp³-hybridized carbons (Fsp3) is 0.312. The number of benzene rings is 1. The first-order chi connectivity index (χ1) is 9.11. The molecule has 0 N–H and O–H groups in total. The largest absolute Gasteiger partial charge is 0.463 e. The zero-order valence-corrected chi connectivity index (χ0v) is 12.0. The van der Waals surface area contributed by atoms with Crippen LogP contribution in [0.5, 0.6) is 0 Å². The predicted octanol–water partition coefficient (Wildman–Crippen LogP) is 4.40. The second kappa shape index (κ2) is 6.07. The maximum Gasteiger partial charge on any atom is 0.334 e. The third kappa shape index (κ3) is 3.27. The van der Waals surface area contributed by atoms with Gasteiger partial charge in [-0.3, -0.25) is 0 Å². The van der Waals surface area contributed by atoms with Crippen molar-refractivity contribution in [2.24, 2.45) is 0 Å². The van der Waals surface area contributed by atoms with Crippen molar-refractivity contribution in [1.29, 1.82) is 0 Å². The van der Waals surface area contributed by atoms with Crippen LogP contribution in [0, 0.1) is 0 Å². The molecule has 1 aromatic carbocycles. The van der Waals surface area contributed by atoms with Gasteiger partial charge in [-0.25, -0.2) is 4.79 Å². The van der Waals surface area contributed by atoms with Crippen LogP contribution < -0.4 is 0 Å². The van der Waals surface area contributed by atoms with Crippen molar-refractivity contribution in [2.75, 3.05) is 6.61 Å². The fourth-order valence-corrected chi connectivity index (χ4v) is 2.31. The third-order valence-corrected chi connectivity index (χ3v) is 3.41. The first kappa shape index (κ1) is 13.9. The molecule has 0 fully saturated rings. The maximum absolute atomic E-state index is 12.0. The minimum absolute atomic E-state index is 0.212. The van der Waals surface area contributed by atoms with Crippen molar-refractivity contribution in [2.45, 2.75) is 26.7 Å². The van der Waals surface area contributed by atoms with E-state index in [1.807, 2.05) is 31.2 Å². The average Bonchev–Trinajstić information content (AvgIpc) is 2.39. The van der Waals surface area contributed by atoms with Gasteiger partial charge in [0.25, 0.3) is 0 Å². The van der Waals surface area contributed by atoms with E-state index in [4.69, 9.17) is 16.3 Å². The van der Waals surface area contributed by atoms with E-state index in [0.29, 0.717) is 11.6 Å². The molecule has 0 heterocycles. The quantitative estimate of drug-likeness (QED) is 0.765. The molecule has 0 aromatic heterocycles. The van der Waals surface area contributed by atoms with E-state index in [1.165, 1.54) is 5.57 Å². The van der Waals surface area contributed by atoms with Gasteiger partial charge in [-0.1, -0.05) is 35.4 Å². The molecule has 0 bridgehead atoms. The summed E-state index contributed by atoms with van der Waals surface area (Å²) in [5, 5.41) is 0.693. The number of allylic oxidation sites excluding steroid dienone is 3. The van der Waals surface area contributed by atoms with Crippen LogP contribution in [0.25, 0.3) is 5.57 Å². The summed E-state index contributed by atoms with van der Waals surface area (Å²) in [6, 6.07) is 7.55. The van der Waals surface area contributed by atoms with Gasteiger partial charge in [0.15, 0.2) is 0 Å². The van der Waals surface area contributed by atoms with E-state index < -0.39 is 0 Å². The zero-order chi connectivity index (χ0) is 13.8. The second-order valence-corrected chi connectivity index (χ2v) is 5.05. The Hall–Kier alpha value is -1.54. The average molecular weight is 277 g/mol. The maximum atomic E-state index is 12.0. The fourth-order valence-electron chi connectivity index (χ4n) is 2.18. The van der Waals surface area contributed by atoms with E-state index in [2.05, 4.69) is 13.0 Å². The Bertz CT molecular complexity index is 538. The van der Waals surface area contributed by atoms with Gasteiger partial charge in [0.2, 0.25) is 0 Å². The second-order valence-electron chi connectivity index (χ2n) is 4.61. The Balaban J connectivity index is 2.45. The lowest BCUT2D eigenvalue weighted by Crippen LogP contribution is -2.12. The van der Waals surface area contributed by atoms with E-state index in [-0.39, 0.29) is 5.97 Å². The number of rotatable bonds is 3. The van der Waals surface area contributed by atoms with Crippen LogP contribution in [-0.4, -0.2) is 12.6 Å². The van der Waals surface area contributed by atoms with Crippen molar-refractivity contribution in [3.8, 4) is 0 Å². The van der Waals surface area contributed by atoms with Gasteiger partial charge in [-0.05, 0) is 50.0 Å². The molecule has 0 saturated heterocycles. The molecule has 0 saturated carbocycles. The smallest absolute Gasteiger partial charge is 0.334 e. The highest BCUT2D eigenvalue weighted by Crippen LogP contribution is 2.32. The Morgan fingerprint density at radius 2 is 1.95 bits per heavy atom. The molecular weight excluding hydrogens is 260 g/mol. The SMILES string of the molecule is CCOC(=O)C1=C(c2ccc(Cl)cc2)C=C(C)CC1. The van der Waals surface area contributed by atoms with E-state index in [1.54, 1.807) is 0 Å². The number of halogens is 1. The molecule has 0 unspecified atom stereocenters. The lowest BCUT2D eigenvalue weighted by Gasteiger charge is -2.18. The van der Waals surface area contributed by atoms with Gasteiger partial charge in [-0.2, -0.15) is 0 Å². The summed E-state index contributed by atoms with van der Waals surface area (Å²) in [4.78, 5) is 12.0. The molecule has 2 rings (SSSR count). The monoisotopic (exact) mass is 276 g/mol. The van der Waals surface area contributed by atoms with Crippen LogP contribution in [0.2, 0.25) is 5.02 Å². The van der Waals surface area contributed by atoms with Crippen molar-refractivity contribution >= 4 is 23.1 Å². The minimum atomic E-state index is -0.212. The first-order valence-corrected chi connectivity index (χ1v) is 6.83. The number of carbonyl (C=O) groups excluding carboxylic acids is 1. The van der Waals surface area contributed by atoms with Gasteiger partial charge in [0.05, 0.1) is 6.61 Å². The number of hydrogen-bond donors (Lipinski definition) is 0. The summed E-state index contributed by atoms with van der Waals surface area (Å²) in [5.74, 6) is -0.212. The van der Waals surface area contributed by atoms with Gasteiger partial charge in [0.1, 0.15) is 0 Å². The molecule has 1 aliphatic carbocycles. The van der Waals surface area contributed by atoms with Crippen molar-refractivity contribution in [3.63, 3.8) is 0 Å². The summed E-state index contributed by atoms with van der Waals surface area (Å²) in [6.45, 7) is 4.31. The molecule has 1 aliphatic rings. The zero-order valence-electron chi connectivity index (χ0n) is 11.2. The normalized spacial score (nSPS) is 15.2. The van der Waals surface area contributed by atoms with Crippen LogP contribution in [0.3, 0.4) is 0 Å². The minimum Gasteiger partial charge on any atom is -0.463 e. The van der Waals surface area contributed by atoms with E-state index >= 15 is 0 Å². The Morgan fingerprint density at radius 3 is 2.58 bits per heavy atom. The summed E-state index contributed by atoms with van der Waals surface area (Å²) >= 11 is 5.90. The molecule has 0 amide bonds. The molecule has 2 nitrogen and oxygen atoms in total. The van der Waals surface area contributed by atoms with Crippen LogP contribution in [0.15, 0.2) is 41.5 Å². The van der Waals surface area contributed by atoms with Crippen LogP contribution in [0.1, 0.15) is 32.3 Å². The number of carbonyl (C=O) groups is 1. The van der Waals surface area contributed by atoms with Gasteiger partial charge in [0, 0.05) is 10.6 Å². The van der Waals surface area contributed by atoms with Gasteiger partial charge >= 0.3 is 5.97 Å². The van der Waals surface area contributed by atoms with Crippen molar-refractivity contribution in [1.82, 2.24) is 0 Å². The Kier molecular flexibility index (Phi) is 4.43. The van der Waals surface area contributed by atoms with Crippen LogP contribution >= 0.6 is 11.6 Å². The summed E-state index contributed by atoms with van der Waals surface area (Å²) in [6.07, 6.45) is 3.71.